The molecule has 0 fully saturated rings. The molecule has 15 heavy (non-hydrogen) atoms. The summed E-state index contributed by atoms with van der Waals surface area (Å²) >= 11 is 0. The van der Waals surface area contributed by atoms with Crippen LogP contribution in [0, 0.1) is 5.82 Å². The summed E-state index contributed by atoms with van der Waals surface area (Å²) in [4.78, 5) is 28.1. The first-order valence-electron chi connectivity index (χ1n) is 3.61. The molecule has 0 aliphatic rings. The normalized spacial score (nSPS) is 9.53. The van der Waals surface area contributed by atoms with E-state index in [1.165, 1.54) is 0 Å². The zero-order valence-electron chi connectivity index (χ0n) is 7.14. The molecule has 0 heterocycles. The SMILES string of the molecule is O=C(OO)c1ccc(C(=O)OO)c(F)c1. The van der Waals surface area contributed by atoms with Crippen molar-refractivity contribution in [2.24, 2.45) is 0 Å². The summed E-state index contributed by atoms with van der Waals surface area (Å²) in [6.45, 7) is 0. The van der Waals surface area contributed by atoms with E-state index in [4.69, 9.17) is 10.5 Å². The van der Waals surface area contributed by atoms with Crippen LogP contribution in [0.4, 0.5) is 4.39 Å². The second-order valence-corrected chi connectivity index (χ2v) is 2.45. The van der Waals surface area contributed by atoms with Crippen molar-refractivity contribution in [2.45, 2.75) is 0 Å². The lowest BCUT2D eigenvalue weighted by Gasteiger charge is -2.01. The van der Waals surface area contributed by atoms with Crippen LogP contribution in [0.3, 0.4) is 0 Å². The molecule has 6 nitrogen and oxygen atoms in total. The van der Waals surface area contributed by atoms with Gasteiger partial charge >= 0.3 is 11.9 Å². The fourth-order valence-corrected chi connectivity index (χ4v) is 0.909. The van der Waals surface area contributed by atoms with Crippen molar-refractivity contribution >= 4 is 11.9 Å². The van der Waals surface area contributed by atoms with Gasteiger partial charge in [0.05, 0.1) is 11.1 Å². The molecule has 0 bridgehead atoms. The monoisotopic (exact) mass is 216 g/mol. The van der Waals surface area contributed by atoms with Gasteiger partial charge in [-0.25, -0.2) is 14.0 Å². The Kier molecular flexibility index (Phi) is 3.32. The Bertz CT molecular complexity index is 402. The van der Waals surface area contributed by atoms with Crippen LogP contribution < -0.4 is 0 Å². The summed E-state index contributed by atoms with van der Waals surface area (Å²) < 4.78 is 13.1. The Balaban J connectivity index is 3.08. The van der Waals surface area contributed by atoms with Crippen LogP contribution in [0.25, 0.3) is 0 Å². The van der Waals surface area contributed by atoms with Crippen LogP contribution >= 0.6 is 0 Å². The van der Waals surface area contributed by atoms with Crippen molar-refractivity contribution in [2.75, 3.05) is 0 Å². The molecular formula is C8H5FO6. The van der Waals surface area contributed by atoms with Gasteiger partial charge in [-0.05, 0) is 18.2 Å². The van der Waals surface area contributed by atoms with E-state index in [0.29, 0.717) is 6.07 Å². The maximum Gasteiger partial charge on any atom is 0.375 e. The van der Waals surface area contributed by atoms with Crippen LogP contribution in [0.1, 0.15) is 20.7 Å². The summed E-state index contributed by atoms with van der Waals surface area (Å²) in [7, 11) is 0. The molecule has 1 rings (SSSR count). The first-order valence-corrected chi connectivity index (χ1v) is 3.61. The van der Waals surface area contributed by atoms with Gasteiger partial charge in [0.25, 0.3) is 0 Å². The third-order valence-electron chi connectivity index (χ3n) is 1.59. The Labute approximate surface area is 82.3 Å². The highest BCUT2D eigenvalue weighted by atomic mass is 19.1. The van der Waals surface area contributed by atoms with Gasteiger partial charge in [-0.15, -0.1) is 0 Å². The van der Waals surface area contributed by atoms with E-state index in [-0.39, 0.29) is 5.56 Å². The van der Waals surface area contributed by atoms with E-state index >= 15 is 0 Å². The van der Waals surface area contributed by atoms with Gasteiger partial charge in [0.1, 0.15) is 5.82 Å². The van der Waals surface area contributed by atoms with Crippen molar-refractivity contribution in [3.63, 3.8) is 0 Å². The number of benzene rings is 1. The van der Waals surface area contributed by atoms with Crippen molar-refractivity contribution in [3.05, 3.63) is 35.1 Å². The van der Waals surface area contributed by atoms with E-state index in [2.05, 4.69) is 9.78 Å². The second-order valence-electron chi connectivity index (χ2n) is 2.45. The van der Waals surface area contributed by atoms with E-state index in [0.717, 1.165) is 12.1 Å². The molecule has 0 saturated heterocycles. The van der Waals surface area contributed by atoms with E-state index in [9.17, 15) is 14.0 Å². The molecular weight excluding hydrogens is 211 g/mol. The number of carbonyl (C=O) groups is 2. The molecule has 80 valence electrons. The lowest BCUT2D eigenvalue weighted by molar-refractivity contribution is -0.183. The highest BCUT2D eigenvalue weighted by Gasteiger charge is 2.16. The third kappa shape index (κ3) is 2.27. The smallest absolute Gasteiger partial charge is 0.296 e. The maximum absolute atomic E-state index is 13.1. The molecule has 1 aromatic carbocycles. The molecule has 0 unspecified atom stereocenters. The molecule has 2 N–H and O–H groups in total. The summed E-state index contributed by atoms with van der Waals surface area (Å²) in [5, 5.41) is 16.0. The molecule has 0 amide bonds. The lowest BCUT2D eigenvalue weighted by atomic mass is 10.1. The number of hydrogen-bond donors (Lipinski definition) is 2. The van der Waals surface area contributed by atoms with Crippen LogP contribution in [0.2, 0.25) is 0 Å². The molecule has 1 aromatic rings. The van der Waals surface area contributed by atoms with E-state index < -0.39 is 23.3 Å². The van der Waals surface area contributed by atoms with Gasteiger partial charge in [0.15, 0.2) is 0 Å². The molecule has 0 spiro atoms. The number of hydrogen-bond acceptors (Lipinski definition) is 6. The summed E-state index contributed by atoms with van der Waals surface area (Å²) in [6.07, 6.45) is 0. The van der Waals surface area contributed by atoms with Gasteiger partial charge in [-0.1, -0.05) is 0 Å². The quantitative estimate of drug-likeness (QED) is 0.567. The van der Waals surface area contributed by atoms with Gasteiger partial charge in [0.2, 0.25) is 0 Å². The van der Waals surface area contributed by atoms with Gasteiger partial charge in [-0.2, -0.15) is 10.5 Å². The molecule has 0 radical (unpaired) electrons. The maximum atomic E-state index is 13.1. The number of carbonyl (C=O) groups excluding carboxylic acids is 2. The average Bonchev–Trinajstić information content (AvgIpc) is 2.26. The predicted octanol–water partition coefficient (Wildman–Crippen LogP) is 1.09. The predicted molar refractivity (Wildman–Crippen MR) is 42.5 cm³/mol. The molecule has 0 aliphatic carbocycles. The fraction of sp³-hybridized carbons (Fsp3) is 0. The first kappa shape index (κ1) is 11.1. The largest absolute Gasteiger partial charge is 0.375 e. The van der Waals surface area contributed by atoms with Crippen LogP contribution in [-0.2, 0) is 9.78 Å². The van der Waals surface area contributed by atoms with Gasteiger partial charge in [-0.3, -0.25) is 9.78 Å². The number of halogens is 1. The van der Waals surface area contributed by atoms with E-state index in [1.807, 2.05) is 0 Å². The Hall–Kier alpha value is -1.99. The molecule has 7 heteroatoms. The Morgan fingerprint density at radius 2 is 1.73 bits per heavy atom. The average molecular weight is 216 g/mol. The first-order chi connectivity index (χ1) is 7.10. The Morgan fingerprint density at radius 3 is 2.20 bits per heavy atom. The zero-order chi connectivity index (χ0) is 11.4. The highest BCUT2D eigenvalue weighted by Crippen LogP contribution is 2.12. The molecule has 0 saturated carbocycles. The second kappa shape index (κ2) is 4.49. The zero-order valence-corrected chi connectivity index (χ0v) is 7.14. The molecule has 0 aliphatic heterocycles. The van der Waals surface area contributed by atoms with Crippen molar-refractivity contribution in [3.8, 4) is 0 Å². The Morgan fingerprint density at radius 1 is 1.13 bits per heavy atom. The van der Waals surface area contributed by atoms with Crippen LogP contribution in [0.5, 0.6) is 0 Å². The number of rotatable bonds is 2. The van der Waals surface area contributed by atoms with E-state index in [1.54, 1.807) is 0 Å². The molecule has 0 aromatic heterocycles. The van der Waals surface area contributed by atoms with Crippen molar-refractivity contribution in [1.82, 2.24) is 0 Å². The van der Waals surface area contributed by atoms with Crippen molar-refractivity contribution in [1.29, 1.82) is 0 Å². The standard InChI is InChI=1S/C8H5FO6/c9-6-3-4(7(10)14-12)1-2-5(6)8(11)15-13/h1-3,12-13H. The van der Waals surface area contributed by atoms with Crippen molar-refractivity contribution < 1.29 is 34.3 Å². The van der Waals surface area contributed by atoms with Gasteiger partial charge in [0, 0.05) is 0 Å². The van der Waals surface area contributed by atoms with Crippen LogP contribution in [-0.4, -0.2) is 22.5 Å². The summed E-state index contributed by atoms with van der Waals surface area (Å²) in [5.74, 6) is -3.55. The summed E-state index contributed by atoms with van der Waals surface area (Å²) in [6, 6.07) is 2.58. The van der Waals surface area contributed by atoms with Gasteiger partial charge < -0.3 is 0 Å². The highest BCUT2D eigenvalue weighted by molar-refractivity contribution is 5.93. The summed E-state index contributed by atoms with van der Waals surface area (Å²) in [5.41, 5.74) is -0.837. The minimum Gasteiger partial charge on any atom is -0.296 e. The van der Waals surface area contributed by atoms with Crippen LogP contribution in [0.15, 0.2) is 18.2 Å². The fourth-order valence-electron chi connectivity index (χ4n) is 0.909. The lowest BCUT2D eigenvalue weighted by Crippen LogP contribution is -2.08. The minimum atomic E-state index is -1.29. The topological polar surface area (TPSA) is 93.1 Å². The third-order valence-corrected chi connectivity index (χ3v) is 1.59. The molecule has 0 atom stereocenters. The minimum absolute atomic E-state index is 0.288.